The lowest BCUT2D eigenvalue weighted by Crippen LogP contribution is -2.22. The molecule has 0 bridgehead atoms. The Hall–Kier alpha value is -2.83. The summed E-state index contributed by atoms with van der Waals surface area (Å²) < 4.78 is 13.9. The second-order valence-corrected chi connectivity index (χ2v) is 5.49. The van der Waals surface area contributed by atoms with Gasteiger partial charge in [0, 0.05) is 7.05 Å². The molecule has 4 rings (SSSR count). The minimum atomic E-state index is -0.0950. The summed E-state index contributed by atoms with van der Waals surface area (Å²) >= 11 is 0. The lowest BCUT2D eigenvalue weighted by molar-refractivity contribution is 0.174. The first-order valence-corrected chi connectivity index (χ1v) is 7.47. The van der Waals surface area contributed by atoms with Crippen molar-refractivity contribution in [2.45, 2.75) is 19.9 Å². The van der Waals surface area contributed by atoms with Gasteiger partial charge in [0.2, 0.25) is 6.79 Å². The van der Waals surface area contributed by atoms with Crippen molar-refractivity contribution >= 4 is 11.0 Å². The van der Waals surface area contributed by atoms with E-state index in [9.17, 15) is 4.79 Å². The van der Waals surface area contributed by atoms with E-state index < -0.39 is 0 Å². The van der Waals surface area contributed by atoms with Gasteiger partial charge in [-0.25, -0.2) is 4.98 Å². The van der Waals surface area contributed by atoms with Gasteiger partial charge in [-0.15, -0.1) is 0 Å². The number of ether oxygens (including phenoxy) is 2. The van der Waals surface area contributed by atoms with Crippen LogP contribution in [0.5, 0.6) is 11.5 Å². The van der Waals surface area contributed by atoms with Gasteiger partial charge in [-0.3, -0.25) is 14.0 Å². The van der Waals surface area contributed by atoms with E-state index in [4.69, 9.17) is 9.47 Å². The van der Waals surface area contributed by atoms with E-state index in [2.05, 4.69) is 10.1 Å². The standard InChI is InChI=1S/C16H16N4O3/c1-3-11-14-15(19(2)18-11)16(21)20(8-17-14)7-10-4-5-12-13(6-10)23-9-22-12/h4-6,8H,3,7,9H2,1-2H3. The van der Waals surface area contributed by atoms with Gasteiger partial charge in [-0.2, -0.15) is 5.10 Å². The molecule has 0 unspecified atom stereocenters. The zero-order valence-corrected chi connectivity index (χ0v) is 12.9. The van der Waals surface area contributed by atoms with Gasteiger partial charge >= 0.3 is 0 Å². The van der Waals surface area contributed by atoms with Crippen LogP contribution in [-0.4, -0.2) is 26.1 Å². The van der Waals surface area contributed by atoms with Gasteiger partial charge in [0.05, 0.1) is 18.6 Å². The van der Waals surface area contributed by atoms with E-state index in [1.165, 1.54) is 0 Å². The molecule has 1 aliphatic rings. The summed E-state index contributed by atoms with van der Waals surface area (Å²) in [5.41, 5.74) is 2.92. The summed E-state index contributed by atoms with van der Waals surface area (Å²) in [5, 5.41) is 4.37. The molecule has 1 aliphatic heterocycles. The maximum absolute atomic E-state index is 12.7. The monoisotopic (exact) mass is 312 g/mol. The van der Waals surface area contributed by atoms with Crippen molar-refractivity contribution in [2.24, 2.45) is 7.05 Å². The average molecular weight is 312 g/mol. The molecule has 3 heterocycles. The highest BCUT2D eigenvalue weighted by atomic mass is 16.7. The van der Waals surface area contributed by atoms with Crippen LogP contribution < -0.4 is 15.0 Å². The average Bonchev–Trinajstić information content (AvgIpc) is 3.14. The van der Waals surface area contributed by atoms with Crippen LogP contribution in [0.1, 0.15) is 18.2 Å². The smallest absolute Gasteiger partial charge is 0.279 e. The zero-order valence-electron chi connectivity index (χ0n) is 12.9. The van der Waals surface area contributed by atoms with Crippen LogP contribution >= 0.6 is 0 Å². The third-order valence-corrected chi connectivity index (χ3v) is 4.01. The Kier molecular flexibility index (Phi) is 3.07. The number of hydrogen-bond acceptors (Lipinski definition) is 5. The van der Waals surface area contributed by atoms with Crippen LogP contribution in [0.3, 0.4) is 0 Å². The summed E-state index contributed by atoms with van der Waals surface area (Å²) in [6.45, 7) is 2.66. The van der Waals surface area contributed by atoms with Crippen molar-refractivity contribution in [3.05, 3.63) is 46.1 Å². The predicted molar refractivity (Wildman–Crippen MR) is 83.8 cm³/mol. The molecule has 2 aromatic heterocycles. The van der Waals surface area contributed by atoms with E-state index in [0.29, 0.717) is 23.3 Å². The molecule has 23 heavy (non-hydrogen) atoms. The Bertz CT molecular complexity index is 958. The number of fused-ring (bicyclic) bond motifs is 2. The van der Waals surface area contributed by atoms with Crippen LogP contribution in [0.2, 0.25) is 0 Å². The Balaban J connectivity index is 1.76. The third-order valence-electron chi connectivity index (χ3n) is 4.01. The maximum Gasteiger partial charge on any atom is 0.279 e. The molecule has 0 fully saturated rings. The number of benzene rings is 1. The number of hydrogen-bond donors (Lipinski definition) is 0. The molecule has 7 heteroatoms. The Morgan fingerprint density at radius 1 is 1.26 bits per heavy atom. The Morgan fingerprint density at radius 2 is 2.09 bits per heavy atom. The predicted octanol–water partition coefficient (Wildman–Crippen LogP) is 1.47. The number of rotatable bonds is 3. The molecule has 0 N–H and O–H groups in total. The quantitative estimate of drug-likeness (QED) is 0.732. The maximum atomic E-state index is 12.7. The molecule has 0 spiro atoms. The molecule has 0 amide bonds. The fourth-order valence-corrected chi connectivity index (χ4v) is 2.85. The van der Waals surface area contributed by atoms with Crippen molar-refractivity contribution < 1.29 is 9.47 Å². The SMILES string of the molecule is CCc1nn(C)c2c(=O)n(Cc3ccc4c(c3)OCO4)cnc12. The van der Waals surface area contributed by atoms with Crippen molar-refractivity contribution in [3.8, 4) is 11.5 Å². The van der Waals surface area contributed by atoms with E-state index >= 15 is 0 Å². The van der Waals surface area contributed by atoms with Gasteiger partial charge < -0.3 is 9.47 Å². The summed E-state index contributed by atoms with van der Waals surface area (Å²) in [6.07, 6.45) is 2.33. The van der Waals surface area contributed by atoms with Crippen LogP contribution in [-0.2, 0) is 20.0 Å². The first kappa shape index (κ1) is 13.8. The lowest BCUT2D eigenvalue weighted by Gasteiger charge is -2.07. The molecule has 7 nitrogen and oxygen atoms in total. The fraction of sp³-hybridized carbons (Fsp3) is 0.312. The van der Waals surface area contributed by atoms with Crippen LogP contribution in [0.4, 0.5) is 0 Å². The minimum absolute atomic E-state index is 0.0950. The molecule has 0 saturated heterocycles. The van der Waals surface area contributed by atoms with E-state index in [1.807, 2.05) is 25.1 Å². The Morgan fingerprint density at radius 3 is 2.91 bits per heavy atom. The number of aryl methyl sites for hydroxylation is 2. The first-order chi connectivity index (χ1) is 11.2. The summed E-state index contributed by atoms with van der Waals surface area (Å²) in [4.78, 5) is 17.1. The van der Waals surface area contributed by atoms with Crippen molar-refractivity contribution in [2.75, 3.05) is 6.79 Å². The fourth-order valence-electron chi connectivity index (χ4n) is 2.85. The third kappa shape index (κ3) is 2.16. The molecule has 0 aliphatic carbocycles. The summed E-state index contributed by atoms with van der Waals surface area (Å²) in [7, 11) is 1.77. The van der Waals surface area contributed by atoms with Gasteiger partial charge in [0.1, 0.15) is 5.52 Å². The highest BCUT2D eigenvalue weighted by Gasteiger charge is 2.16. The van der Waals surface area contributed by atoms with Gasteiger partial charge in [0.15, 0.2) is 17.0 Å². The Labute approximate surface area is 132 Å². The van der Waals surface area contributed by atoms with E-state index in [1.54, 1.807) is 22.6 Å². The molecule has 0 radical (unpaired) electrons. The topological polar surface area (TPSA) is 71.2 Å². The van der Waals surface area contributed by atoms with Gasteiger partial charge in [0.25, 0.3) is 5.56 Å². The molecular formula is C16H16N4O3. The van der Waals surface area contributed by atoms with Gasteiger partial charge in [-0.05, 0) is 24.1 Å². The van der Waals surface area contributed by atoms with Crippen molar-refractivity contribution in [3.63, 3.8) is 0 Å². The molecule has 1 aromatic carbocycles. The van der Waals surface area contributed by atoms with Crippen molar-refractivity contribution in [1.29, 1.82) is 0 Å². The van der Waals surface area contributed by atoms with Gasteiger partial charge in [-0.1, -0.05) is 13.0 Å². The van der Waals surface area contributed by atoms with Crippen LogP contribution in [0.25, 0.3) is 11.0 Å². The minimum Gasteiger partial charge on any atom is -0.454 e. The number of aromatic nitrogens is 4. The van der Waals surface area contributed by atoms with E-state index in [0.717, 1.165) is 23.4 Å². The zero-order chi connectivity index (χ0) is 16.0. The van der Waals surface area contributed by atoms with E-state index in [-0.39, 0.29) is 12.4 Å². The molecule has 3 aromatic rings. The normalized spacial score (nSPS) is 13.0. The second-order valence-electron chi connectivity index (χ2n) is 5.49. The lowest BCUT2D eigenvalue weighted by atomic mass is 10.2. The molecule has 118 valence electrons. The van der Waals surface area contributed by atoms with Crippen LogP contribution in [0.15, 0.2) is 29.3 Å². The molecule has 0 atom stereocenters. The number of nitrogens with zero attached hydrogens (tertiary/aromatic N) is 4. The summed E-state index contributed by atoms with van der Waals surface area (Å²) in [5.74, 6) is 1.44. The van der Waals surface area contributed by atoms with Crippen molar-refractivity contribution in [1.82, 2.24) is 19.3 Å². The molecular weight excluding hydrogens is 296 g/mol. The largest absolute Gasteiger partial charge is 0.454 e. The highest BCUT2D eigenvalue weighted by Crippen LogP contribution is 2.32. The highest BCUT2D eigenvalue weighted by molar-refractivity contribution is 5.76. The summed E-state index contributed by atoms with van der Waals surface area (Å²) in [6, 6.07) is 5.67. The first-order valence-electron chi connectivity index (χ1n) is 7.47. The molecule has 0 saturated carbocycles. The van der Waals surface area contributed by atoms with Crippen LogP contribution in [0, 0.1) is 0 Å². The second kappa shape index (κ2) is 5.12.